The highest BCUT2D eigenvalue weighted by Crippen LogP contribution is 2.36. The van der Waals surface area contributed by atoms with E-state index >= 15 is 0 Å². The normalized spacial score (nSPS) is 10.8. The summed E-state index contributed by atoms with van der Waals surface area (Å²) in [5.41, 5.74) is 2.14. The summed E-state index contributed by atoms with van der Waals surface area (Å²) in [6, 6.07) is 14.2. The fraction of sp³-hybridized carbons (Fsp3) is 0.231. The lowest BCUT2D eigenvalue weighted by molar-refractivity contribution is -0.127. The molecule has 1 aromatic heterocycles. The number of carbonyl (C=O) groups excluding carboxylic acids is 2. The number of ether oxygens (including phenoxy) is 2. The van der Waals surface area contributed by atoms with Gasteiger partial charge in [0.2, 0.25) is 5.91 Å². The van der Waals surface area contributed by atoms with Crippen LogP contribution in [0.1, 0.15) is 34.2 Å². The van der Waals surface area contributed by atoms with Crippen molar-refractivity contribution in [2.75, 3.05) is 20.8 Å². The van der Waals surface area contributed by atoms with Crippen LogP contribution in [-0.4, -0.2) is 37.5 Å². The van der Waals surface area contributed by atoms with E-state index in [2.05, 4.69) is 5.32 Å². The molecule has 0 saturated heterocycles. The minimum absolute atomic E-state index is 0.164. The van der Waals surface area contributed by atoms with Crippen LogP contribution in [-0.2, 0) is 17.9 Å². The Hall–Kier alpha value is -3.71. The average Bonchev–Trinajstić information content (AvgIpc) is 3.35. The summed E-state index contributed by atoms with van der Waals surface area (Å²) in [6.07, 6.45) is 4.73. The van der Waals surface area contributed by atoms with Crippen LogP contribution >= 0.6 is 11.6 Å². The maximum absolute atomic E-state index is 13.1. The largest absolute Gasteiger partial charge is 0.491 e. The van der Waals surface area contributed by atoms with Gasteiger partial charge in [0.1, 0.15) is 5.76 Å². The molecule has 0 spiro atoms. The molecule has 0 atom stereocenters. The highest BCUT2D eigenvalue weighted by atomic mass is 35.5. The second-order valence-electron chi connectivity index (χ2n) is 7.35. The van der Waals surface area contributed by atoms with E-state index in [4.69, 9.17) is 25.5 Å². The maximum Gasteiger partial charge on any atom is 0.251 e. The van der Waals surface area contributed by atoms with Gasteiger partial charge in [0.25, 0.3) is 5.91 Å². The molecule has 7 nitrogen and oxygen atoms in total. The van der Waals surface area contributed by atoms with E-state index in [0.717, 1.165) is 5.56 Å². The zero-order chi connectivity index (χ0) is 24.5. The number of amides is 2. The fourth-order valence-corrected chi connectivity index (χ4v) is 3.64. The quantitative estimate of drug-likeness (QED) is 0.414. The first-order valence-electron chi connectivity index (χ1n) is 10.8. The van der Waals surface area contributed by atoms with Gasteiger partial charge in [-0.2, -0.15) is 0 Å². The third kappa shape index (κ3) is 6.42. The maximum atomic E-state index is 13.1. The molecule has 0 aliphatic carbocycles. The number of hydrogen-bond acceptors (Lipinski definition) is 5. The lowest BCUT2D eigenvalue weighted by Gasteiger charge is -2.20. The molecule has 1 heterocycles. The molecule has 0 fully saturated rings. The number of methoxy groups -OCH3 is 1. The Bertz CT molecular complexity index is 1140. The molecule has 0 bridgehead atoms. The van der Waals surface area contributed by atoms with E-state index < -0.39 is 0 Å². The van der Waals surface area contributed by atoms with E-state index in [0.29, 0.717) is 53.1 Å². The van der Waals surface area contributed by atoms with Crippen LogP contribution in [0.2, 0.25) is 5.02 Å². The average molecular weight is 483 g/mol. The van der Waals surface area contributed by atoms with Gasteiger partial charge in [0.15, 0.2) is 11.5 Å². The van der Waals surface area contributed by atoms with Crippen molar-refractivity contribution in [1.82, 2.24) is 10.2 Å². The Labute approximate surface area is 203 Å². The summed E-state index contributed by atoms with van der Waals surface area (Å²) >= 11 is 6.32. The summed E-state index contributed by atoms with van der Waals surface area (Å²) < 4.78 is 16.4. The third-order valence-corrected chi connectivity index (χ3v) is 5.29. The van der Waals surface area contributed by atoms with Crippen LogP contribution in [0.4, 0.5) is 0 Å². The monoisotopic (exact) mass is 482 g/mol. The number of nitrogens with one attached hydrogen (secondary N) is 1. The second-order valence-corrected chi connectivity index (χ2v) is 7.76. The molecule has 178 valence electrons. The molecule has 0 unspecified atom stereocenters. The highest BCUT2D eigenvalue weighted by molar-refractivity contribution is 6.32. The van der Waals surface area contributed by atoms with Crippen LogP contribution in [0.25, 0.3) is 6.08 Å². The van der Waals surface area contributed by atoms with Gasteiger partial charge in [0.05, 0.1) is 31.5 Å². The molecular weight excluding hydrogens is 456 g/mol. The van der Waals surface area contributed by atoms with Gasteiger partial charge >= 0.3 is 0 Å². The van der Waals surface area contributed by atoms with E-state index in [-0.39, 0.29) is 11.8 Å². The van der Waals surface area contributed by atoms with Crippen molar-refractivity contribution in [2.24, 2.45) is 0 Å². The zero-order valence-corrected chi connectivity index (χ0v) is 20.1. The lowest BCUT2D eigenvalue weighted by Crippen LogP contribution is -2.28. The third-order valence-electron chi connectivity index (χ3n) is 5.01. The van der Waals surface area contributed by atoms with Gasteiger partial charge in [-0.05, 0) is 60.5 Å². The summed E-state index contributed by atoms with van der Waals surface area (Å²) in [6.45, 7) is 2.95. The first-order chi connectivity index (χ1) is 16.4. The zero-order valence-electron chi connectivity index (χ0n) is 19.3. The molecule has 1 N–H and O–H groups in total. The van der Waals surface area contributed by atoms with Gasteiger partial charge in [-0.3, -0.25) is 9.59 Å². The van der Waals surface area contributed by atoms with Gasteiger partial charge in [0, 0.05) is 25.2 Å². The minimum Gasteiger partial charge on any atom is -0.491 e. The number of halogens is 1. The van der Waals surface area contributed by atoms with E-state index in [1.165, 1.54) is 13.2 Å². The molecule has 2 amide bonds. The van der Waals surface area contributed by atoms with Gasteiger partial charge in [-0.1, -0.05) is 23.7 Å². The van der Waals surface area contributed by atoms with E-state index in [1.54, 1.807) is 54.6 Å². The van der Waals surface area contributed by atoms with Crippen molar-refractivity contribution in [1.29, 1.82) is 0 Å². The standard InChI is InChI=1S/C26H27ClN2O5/c1-4-33-23-15-19(14-22(27)25(23)32-3)9-12-24(30)29(17-21-6-5-13-34-21)16-18-7-10-20(11-8-18)26(31)28-2/h5-15H,4,16-17H2,1-3H3,(H,28,31)/b12-9+. The Balaban J connectivity index is 1.81. The first kappa shape index (κ1) is 24.9. The summed E-state index contributed by atoms with van der Waals surface area (Å²) in [5, 5.41) is 2.99. The predicted octanol–water partition coefficient (Wildman–Crippen LogP) is 4.94. The predicted molar refractivity (Wildman–Crippen MR) is 131 cm³/mol. The van der Waals surface area contributed by atoms with Crippen LogP contribution in [0.3, 0.4) is 0 Å². The smallest absolute Gasteiger partial charge is 0.251 e. The summed E-state index contributed by atoms with van der Waals surface area (Å²) in [4.78, 5) is 26.6. The van der Waals surface area contributed by atoms with Crippen LogP contribution in [0.15, 0.2) is 65.3 Å². The van der Waals surface area contributed by atoms with Crippen molar-refractivity contribution < 1.29 is 23.5 Å². The van der Waals surface area contributed by atoms with Gasteiger partial charge < -0.3 is 24.1 Å². The molecule has 3 rings (SSSR count). The van der Waals surface area contributed by atoms with Crippen LogP contribution < -0.4 is 14.8 Å². The molecule has 2 aromatic carbocycles. The Kier molecular flexibility index (Phi) is 8.76. The van der Waals surface area contributed by atoms with Crippen LogP contribution in [0, 0.1) is 0 Å². The highest BCUT2D eigenvalue weighted by Gasteiger charge is 2.15. The topological polar surface area (TPSA) is 81.0 Å². The number of nitrogens with zero attached hydrogens (tertiary/aromatic N) is 1. The SMILES string of the molecule is CCOc1cc(/C=C/C(=O)N(Cc2ccc(C(=O)NC)cc2)Cc2ccco2)cc(Cl)c1OC. The molecular formula is C26H27ClN2O5. The minimum atomic E-state index is -0.211. The van der Waals surface area contributed by atoms with Crippen molar-refractivity contribution >= 4 is 29.5 Å². The number of furan rings is 1. The molecule has 0 radical (unpaired) electrons. The van der Waals surface area contributed by atoms with Gasteiger partial charge in [-0.15, -0.1) is 0 Å². The van der Waals surface area contributed by atoms with Crippen molar-refractivity contribution in [3.63, 3.8) is 0 Å². The molecule has 0 saturated carbocycles. The lowest BCUT2D eigenvalue weighted by atomic mass is 10.1. The molecule has 8 heteroatoms. The summed E-state index contributed by atoms with van der Waals surface area (Å²) in [5.74, 6) is 1.24. The Morgan fingerprint density at radius 2 is 1.91 bits per heavy atom. The van der Waals surface area contributed by atoms with Crippen molar-refractivity contribution in [3.05, 3.63) is 88.3 Å². The van der Waals surface area contributed by atoms with Crippen molar-refractivity contribution in [2.45, 2.75) is 20.0 Å². The molecule has 34 heavy (non-hydrogen) atoms. The van der Waals surface area contributed by atoms with Crippen LogP contribution in [0.5, 0.6) is 11.5 Å². The van der Waals surface area contributed by atoms with Crippen molar-refractivity contribution in [3.8, 4) is 11.5 Å². The summed E-state index contributed by atoms with van der Waals surface area (Å²) in [7, 11) is 3.11. The number of hydrogen-bond donors (Lipinski definition) is 1. The number of carbonyl (C=O) groups is 2. The Morgan fingerprint density at radius 1 is 1.15 bits per heavy atom. The van der Waals surface area contributed by atoms with E-state index in [1.807, 2.05) is 25.1 Å². The Morgan fingerprint density at radius 3 is 2.53 bits per heavy atom. The first-order valence-corrected chi connectivity index (χ1v) is 11.1. The van der Waals surface area contributed by atoms with E-state index in [9.17, 15) is 9.59 Å². The second kappa shape index (κ2) is 12.0. The molecule has 0 aliphatic rings. The number of rotatable bonds is 10. The number of benzene rings is 2. The molecule has 0 aliphatic heterocycles. The fourth-order valence-electron chi connectivity index (χ4n) is 3.35. The van der Waals surface area contributed by atoms with Gasteiger partial charge in [-0.25, -0.2) is 0 Å². The molecule has 3 aromatic rings.